The second kappa shape index (κ2) is 4.89. The van der Waals surface area contributed by atoms with Gasteiger partial charge in [0, 0.05) is 7.05 Å². The Hall–Kier alpha value is -0.690. The van der Waals surface area contributed by atoms with E-state index in [-0.39, 0.29) is 12.5 Å². The Morgan fingerprint density at radius 1 is 1.40 bits per heavy atom. The van der Waals surface area contributed by atoms with Gasteiger partial charge in [-0.15, -0.1) is 0 Å². The van der Waals surface area contributed by atoms with E-state index in [1.807, 2.05) is 0 Å². The molecule has 1 rings (SSSR count). The smallest absolute Gasteiger partial charge is 0.225 e. The molecule has 1 aliphatic heterocycles. The first-order valence-electron chi connectivity index (χ1n) is 4.86. The molecule has 1 aliphatic rings. The van der Waals surface area contributed by atoms with Crippen molar-refractivity contribution in [3.63, 3.8) is 0 Å². The lowest BCUT2D eigenvalue weighted by molar-refractivity contribution is -0.199. The van der Waals surface area contributed by atoms with Crippen molar-refractivity contribution >= 4 is 5.91 Å². The minimum Gasteiger partial charge on any atom is -0.388 e. The van der Waals surface area contributed by atoms with Gasteiger partial charge < -0.3 is 25.4 Å². The second-order valence-corrected chi connectivity index (χ2v) is 3.75. The van der Waals surface area contributed by atoms with Gasteiger partial charge in [-0.05, 0) is 0 Å². The third-order valence-corrected chi connectivity index (χ3v) is 2.69. The van der Waals surface area contributed by atoms with Crippen molar-refractivity contribution in [2.45, 2.75) is 31.3 Å². The van der Waals surface area contributed by atoms with E-state index in [1.54, 1.807) is 6.92 Å². The van der Waals surface area contributed by atoms with E-state index in [0.29, 0.717) is 0 Å². The minimum absolute atomic E-state index is 0.0791. The molecule has 0 aliphatic carbocycles. The summed E-state index contributed by atoms with van der Waals surface area (Å²) < 4.78 is 5.14. The molecule has 4 N–H and O–H groups in total. The van der Waals surface area contributed by atoms with E-state index in [2.05, 4.69) is 5.32 Å². The molecule has 0 aromatic heterocycles. The van der Waals surface area contributed by atoms with Crippen LogP contribution in [0.2, 0.25) is 0 Å². The van der Waals surface area contributed by atoms with Crippen LogP contribution in [0.25, 0.3) is 0 Å². The van der Waals surface area contributed by atoms with Gasteiger partial charge in [0.25, 0.3) is 0 Å². The topological polar surface area (TPSA) is 99.0 Å². The summed E-state index contributed by atoms with van der Waals surface area (Å²) in [7, 11) is 1.49. The van der Waals surface area contributed by atoms with E-state index in [9.17, 15) is 20.1 Å². The number of amides is 1. The lowest BCUT2D eigenvalue weighted by Gasteiger charge is -2.37. The molecule has 0 bridgehead atoms. The summed E-state index contributed by atoms with van der Waals surface area (Å²) in [5.74, 6) is -0.852. The molecule has 0 spiro atoms. The number of aliphatic hydroxyl groups excluding tert-OH is 3. The molecule has 0 aromatic carbocycles. The molecule has 5 atom stereocenters. The predicted molar refractivity (Wildman–Crippen MR) is 51.0 cm³/mol. The molecular weight excluding hydrogens is 202 g/mol. The Balaban J connectivity index is 2.66. The van der Waals surface area contributed by atoms with Crippen molar-refractivity contribution in [3.8, 4) is 0 Å². The third-order valence-electron chi connectivity index (χ3n) is 2.69. The van der Waals surface area contributed by atoms with Gasteiger partial charge in [-0.2, -0.15) is 0 Å². The Morgan fingerprint density at radius 3 is 2.53 bits per heavy atom. The average molecular weight is 219 g/mol. The highest BCUT2D eigenvalue weighted by atomic mass is 16.5. The van der Waals surface area contributed by atoms with Crippen LogP contribution in [0.15, 0.2) is 0 Å². The number of ether oxygens (including phenoxy) is 1. The summed E-state index contributed by atoms with van der Waals surface area (Å²) in [4.78, 5) is 11.3. The minimum atomic E-state index is -1.27. The summed E-state index contributed by atoms with van der Waals surface area (Å²) in [6, 6.07) is 0. The van der Waals surface area contributed by atoms with Crippen LogP contribution in [-0.2, 0) is 9.53 Å². The molecule has 1 amide bonds. The Bertz CT molecular complexity index is 235. The SMILES string of the molecule is CNC(=O)C(C)C1OC[C@@H](O)[C@H](O)[C@H]1O. The number of nitrogens with one attached hydrogen (secondary N) is 1. The molecule has 2 unspecified atom stereocenters. The van der Waals surface area contributed by atoms with Crippen LogP contribution in [0.3, 0.4) is 0 Å². The van der Waals surface area contributed by atoms with Gasteiger partial charge in [-0.3, -0.25) is 4.79 Å². The largest absolute Gasteiger partial charge is 0.388 e. The van der Waals surface area contributed by atoms with Crippen LogP contribution in [-0.4, -0.2) is 59.3 Å². The average Bonchev–Trinajstić information content (AvgIpc) is 2.24. The van der Waals surface area contributed by atoms with Crippen LogP contribution in [0.5, 0.6) is 0 Å². The monoisotopic (exact) mass is 219 g/mol. The van der Waals surface area contributed by atoms with Crippen molar-refractivity contribution in [3.05, 3.63) is 0 Å². The summed E-state index contributed by atoms with van der Waals surface area (Å²) in [6.45, 7) is 1.52. The van der Waals surface area contributed by atoms with E-state index in [4.69, 9.17) is 4.74 Å². The van der Waals surface area contributed by atoms with E-state index in [0.717, 1.165) is 0 Å². The summed E-state index contributed by atoms with van der Waals surface area (Å²) >= 11 is 0. The molecule has 88 valence electrons. The van der Waals surface area contributed by atoms with Gasteiger partial charge >= 0.3 is 0 Å². The van der Waals surface area contributed by atoms with Gasteiger partial charge in [0.2, 0.25) is 5.91 Å². The van der Waals surface area contributed by atoms with Crippen LogP contribution < -0.4 is 5.32 Å². The molecular formula is C9H17NO5. The van der Waals surface area contributed by atoms with Gasteiger partial charge in [0.15, 0.2) is 0 Å². The molecule has 0 aromatic rings. The standard InChI is InChI=1S/C9H17NO5/c1-4(9(14)10-2)8-7(13)6(12)5(11)3-15-8/h4-8,11-13H,3H2,1-2H3,(H,10,14)/t4?,5-,6+,7-,8?/m1/s1. The van der Waals surface area contributed by atoms with Crippen molar-refractivity contribution in [2.75, 3.05) is 13.7 Å². The Morgan fingerprint density at radius 2 is 2.00 bits per heavy atom. The normalized spacial score (nSPS) is 38.5. The van der Waals surface area contributed by atoms with Crippen LogP contribution in [0, 0.1) is 5.92 Å². The van der Waals surface area contributed by atoms with Crippen molar-refractivity contribution in [1.29, 1.82) is 0 Å². The van der Waals surface area contributed by atoms with Gasteiger partial charge in [0.1, 0.15) is 18.3 Å². The van der Waals surface area contributed by atoms with Gasteiger partial charge in [0.05, 0.1) is 18.6 Å². The molecule has 6 nitrogen and oxygen atoms in total. The predicted octanol–water partition coefficient (Wildman–Crippen LogP) is -2.15. The number of hydrogen-bond donors (Lipinski definition) is 4. The number of rotatable bonds is 2. The summed E-state index contributed by atoms with van der Waals surface area (Å²) in [5.41, 5.74) is 0. The van der Waals surface area contributed by atoms with Crippen LogP contribution in [0.4, 0.5) is 0 Å². The quantitative estimate of drug-likeness (QED) is 0.424. The van der Waals surface area contributed by atoms with Crippen molar-refractivity contribution in [1.82, 2.24) is 5.32 Å². The van der Waals surface area contributed by atoms with E-state index >= 15 is 0 Å². The maximum atomic E-state index is 11.3. The number of aliphatic hydroxyl groups is 3. The highest BCUT2D eigenvalue weighted by Gasteiger charge is 2.41. The fourth-order valence-corrected chi connectivity index (χ4v) is 1.65. The first-order valence-corrected chi connectivity index (χ1v) is 4.86. The Labute approximate surface area is 87.9 Å². The van der Waals surface area contributed by atoms with E-state index in [1.165, 1.54) is 7.05 Å². The molecule has 1 fully saturated rings. The molecule has 1 saturated heterocycles. The van der Waals surface area contributed by atoms with E-state index < -0.39 is 30.3 Å². The maximum Gasteiger partial charge on any atom is 0.225 e. The molecule has 15 heavy (non-hydrogen) atoms. The highest BCUT2D eigenvalue weighted by molar-refractivity contribution is 5.78. The van der Waals surface area contributed by atoms with Gasteiger partial charge in [-0.1, -0.05) is 6.92 Å². The summed E-state index contributed by atoms with van der Waals surface area (Å²) in [5, 5.41) is 30.7. The van der Waals surface area contributed by atoms with Gasteiger partial charge in [-0.25, -0.2) is 0 Å². The number of carbonyl (C=O) groups is 1. The van der Waals surface area contributed by atoms with Crippen LogP contribution in [0.1, 0.15) is 6.92 Å². The zero-order chi connectivity index (χ0) is 11.6. The zero-order valence-electron chi connectivity index (χ0n) is 8.75. The van der Waals surface area contributed by atoms with Crippen molar-refractivity contribution < 1.29 is 24.9 Å². The second-order valence-electron chi connectivity index (χ2n) is 3.75. The first kappa shape index (κ1) is 12.4. The fourth-order valence-electron chi connectivity index (χ4n) is 1.65. The molecule has 6 heteroatoms. The molecule has 0 saturated carbocycles. The summed E-state index contributed by atoms with van der Waals surface area (Å²) in [6.07, 6.45) is -4.41. The third kappa shape index (κ3) is 2.46. The maximum absolute atomic E-state index is 11.3. The van der Waals surface area contributed by atoms with Crippen molar-refractivity contribution in [2.24, 2.45) is 5.92 Å². The number of hydrogen-bond acceptors (Lipinski definition) is 5. The Kier molecular flexibility index (Phi) is 4.04. The fraction of sp³-hybridized carbons (Fsp3) is 0.889. The molecule has 0 radical (unpaired) electrons. The lowest BCUT2D eigenvalue weighted by Crippen LogP contribution is -2.56. The van der Waals surface area contributed by atoms with Crippen LogP contribution >= 0.6 is 0 Å². The molecule has 1 heterocycles. The zero-order valence-corrected chi connectivity index (χ0v) is 8.75. The first-order chi connectivity index (χ1) is 6.99. The number of carbonyl (C=O) groups excluding carboxylic acids is 1. The lowest BCUT2D eigenvalue weighted by atomic mass is 9.91. The highest BCUT2D eigenvalue weighted by Crippen LogP contribution is 2.21.